The fourth-order valence-electron chi connectivity index (χ4n) is 2.69. The van der Waals surface area contributed by atoms with Crippen molar-refractivity contribution in [2.45, 2.75) is 26.7 Å². The summed E-state index contributed by atoms with van der Waals surface area (Å²) in [5.41, 5.74) is 3.80. The van der Waals surface area contributed by atoms with Crippen molar-refractivity contribution in [2.24, 2.45) is 0 Å². The molecule has 1 aromatic heterocycles. The molecule has 0 atom stereocenters. The summed E-state index contributed by atoms with van der Waals surface area (Å²) in [5, 5.41) is 6.58. The second kappa shape index (κ2) is 8.94. The maximum atomic E-state index is 12.4. The largest absolute Gasteiger partial charge is 0.308 e. The lowest BCUT2D eigenvalue weighted by molar-refractivity contribution is 0.0977. The fraction of sp³-hybridized carbons (Fsp3) is 0.190. The lowest BCUT2D eigenvalue weighted by Gasteiger charge is -2.08. The predicted molar refractivity (Wildman–Crippen MR) is 124 cm³/mol. The number of thiazole rings is 1. The molecule has 3 rings (SSSR count). The standard InChI is InChI=1S/C21H20BrN3OS2/c1-12(2)14-8-10-15(11-9-14)18-13(3)28-21(23-18)25-20(27)24-19(26)16-6-4-5-7-17(16)22/h4-12H,1-3H3,(H2,23,24,25,26,27). The molecule has 1 amide bonds. The molecule has 0 aliphatic carbocycles. The van der Waals surface area contributed by atoms with Gasteiger partial charge >= 0.3 is 0 Å². The van der Waals surface area contributed by atoms with Gasteiger partial charge in [-0.25, -0.2) is 4.98 Å². The molecule has 0 spiro atoms. The number of hydrogen-bond acceptors (Lipinski definition) is 4. The van der Waals surface area contributed by atoms with Crippen molar-refractivity contribution in [1.29, 1.82) is 0 Å². The Bertz CT molecular complexity index is 1010. The quantitative estimate of drug-likeness (QED) is 0.447. The maximum absolute atomic E-state index is 12.4. The van der Waals surface area contributed by atoms with Crippen molar-refractivity contribution in [3.63, 3.8) is 0 Å². The number of anilines is 1. The molecule has 0 aliphatic rings. The third-order valence-electron chi connectivity index (χ3n) is 4.21. The summed E-state index contributed by atoms with van der Waals surface area (Å²) in [5.74, 6) is 0.219. The molecule has 0 saturated heterocycles. The summed E-state index contributed by atoms with van der Waals surface area (Å²) >= 11 is 10.2. The number of carbonyl (C=O) groups is 1. The summed E-state index contributed by atoms with van der Waals surface area (Å²) in [7, 11) is 0. The van der Waals surface area contributed by atoms with E-state index in [2.05, 4.69) is 69.7 Å². The summed E-state index contributed by atoms with van der Waals surface area (Å²) < 4.78 is 0.715. The van der Waals surface area contributed by atoms with Crippen molar-refractivity contribution in [1.82, 2.24) is 10.3 Å². The number of thiocarbonyl (C=S) groups is 1. The zero-order chi connectivity index (χ0) is 20.3. The first-order valence-electron chi connectivity index (χ1n) is 8.79. The van der Waals surface area contributed by atoms with Crippen molar-refractivity contribution in [3.8, 4) is 11.3 Å². The highest BCUT2D eigenvalue weighted by Gasteiger charge is 2.14. The molecule has 7 heteroatoms. The molecule has 0 unspecified atom stereocenters. The van der Waals surface area contributed by atoms with Crippen LogP contribution in [0.1, 0.15) is 40.6 Å². The van der Waals surface area contributed by atoms with Gasteiger partial charge in [-0.15, -0.1) is 11.3 Å². The van der Waals surface area contributed by atoms with E-state index in [0.717, 1.165) is 16.1 Å². The van der Waals surface area contributed by atoms with Crippen LogP contribution in [0.2, 0.25) is 0 Å². The molecule has 28 heavy (non-hydrogen) atoms. The Balaban J connectivity index is 1.70. The lowest BCUT2D eigenvalue weighted by atomic mass is 10.0. The number of hydrogen-bond donors (Lipinski definition) is 2. The van der Waals surface area contributed by atoms with Crippen LogP contribution in [0.3, 0.4) is 0 Å². The number of aromatic nitrogens is 1. The minimum Gasteiger partial charge on any atom is -0.308 e. The highest BCUT2D eigenvalue weighted by atomic mass is 79.9. The minimum atomic E-state index is -0.275. The minimum absolute atomic E-state index is 0.219. The van der Waals surface area contributed by atoms with Crippen LogP contribution < -0.4 is 10.6 Å². The summed E-state index contributed by atoms with van der Waals surface area (Å²) in [6, 6.07) is 15.6. The zero-order valence-electron chi connectivity index (χ0n) is 15.7. The molecule has 0 radical (unpaired) electrons. The van der Waals surface area contributed by atoms with E-state index >= 15 is 0 Å². The van der Waals surface area contributed by atoms with Gasteiger partial charge in [0.25, 0.3) is 5.91 Å². The maximum Gasteiger partial charge on any atom is 0.258 e. The van der Waals surface area contributed by atoms with E-state index in [1.807, 2.05) is 19.1 Å². The van der Waals surface area contributed by atoms with Gasteiger partial charge in [0.1, 0.15) is 0 Å². The Labute approximate surface area is 182 Å². The molecule has 144 valence electrons. The van der Waals surface area contributed by atoms with Gasteiger partial charge < -0.3 is 5.32 Å². The van der Waals surface area contributed by atoms with E-state index in [1.54, 1.807) is 12.1 Å². The van der Waals surface area contributed by atoms with Crippen LogP contribution in [-0.2, 0) is 0 Å². The lowest BCUT2D eigenvalue weighted by Crippen LogP contribution is -2.34. The molecule has 0 aliphatic heterocycles. The van der Waals surface area contributed by atoms with Crippen LogP contribution >= 0.6 is 39.5 Å². The molecule has 1 heterocycles. The third kappa shape index (κ3) is 4.84. The second-order valence-electron chi connectivity index (χ2n) is 6.59. The molecule has 0 fully saturated rings. The van der Waals surface area contributed by atoms with Gasteiger partial charge in [-0.05, 0) is 58.7 Å². The molecular weight excluding hydrogens is 454 g/mol. The number of aryl methyl sites for hydroxylation is 1. The summed E-state index contributed by atoms with van der Waals surface area (Å²) in [6.07, 6.45) is 0. The SMILES string of the molecule is Cc1sc(NC(=S)NC(=O)c2ccccc2Br)nc1-c1ccc(C(C)C)cc1. The Morgan fingerprint density at radius 1 is 1.14 bits per heavy atom. The normalized spacial score (nSPS) is 10.8. The first kappa shape index (κ1) is 20.6. The van der Waals surface area contributed by atoms with Crippen LogP contribution in [0.15, 0.2) is 53.0 Å². The van der Waals surface area contributed by atoms with Crippen LogP contribution in [0, 0.1) is 6.92 Å². The Kier molecular flexibility index (Phi) is 6.59. The van der Waals surface area contributed by atoms with Crippen molar-refractivity contribution in [2.75, 3.05) is 5.32 Å². The number of nitrogens with one attached hydrogen (secondary N) is 2. The van der Waals surface area contributed by atoms with Gasteiger partial charge in [0.05, 0.1) is 11.3 Å². The molecule has 3 aromatic rings. The molecule has 2 aromatic carbocycles. The van der Waals surface area contributed by atoms with E-state index in [-0.39, 0.29) is 11.0 Å². The smallest absolute Gasteiger partial charge is 0.258 e. The van der Waals surface area contributed by atoms with Crippen LogP contribution in [0.4, 0.5) is 5.13 Å². The van der Waals surface area contributed by atoms with E-state index in [0.29, 0.717) is 21.1 Å². The summed E-state index contributed by atoms with van der Waals surface area (Å²) in [4.78, 5) is 18.1. The first-order valence-corrected chi connectivity index (χ1v) is 10.8. The second-order valence-corrected chi connectivity index (χ2v) is 9.05. The average molecular weight is 474 g/mol. The van der Waals surface area contributed by atoms with Crippen LogP contribution in [0.5, 0.6) is 0 Å². The molecule has 2 N–H and O–H groups in total. The van der Waals surface area contributed by atoms with Gasteiger partial charge in [-0.2, -0.15) is 0 Å². The van der Waals surface area contributed by atoms with Gasteiger partial charge in [0.2, 0.25) is 0 Å². The van der Waals surface area contributed by atoms with Gasteiger partial charge in [-0.1, -0.05) is 50.2 Å². The number of nitrogens with zero attached hydrogens (tertiary/aromatic N) is 1. The highest BCUT2D eigenvalue weighted by molar-refractivity contribution is 9.10. The van der Waals surface area contributed by atoms with E-state index < -0.39 is 0 Å². The van der Waals surface area contributed by atoms with Crippen molar-refractivity contribution in [3.05, 3.63) is 69.0 Å². The Hall–Kier alpha value is -2.09. The zero-order valence-corrected chi connectivity index (χ0v) is 19.0. The van der Waals surface area contributed by atoms with Gasteiger partial charge in [0.15, 0.2) is 10.2 Å². The number of rotatable bonds is 4. The highest BCUT2D eigenvalue weighted by Crippen LogP contribution is 2.31. The average Bonchev–Trinajstić information content (AvgIpc) is 3.01. The number of halogens is 1. The molecule has 0 saturated carbocycles. The molecule has 0 bridgehead atoms. The number of carbonyl (C=O) groups excluding carboxylic acids is 1. The molecular formula is C21H20BrN3OS2. The number of benzene rings is 2. The monoisotopic (exact) mass is 473 g/mol. The third-order valence-corrected chi connectivity index (χ3v) is 6.00. The van der Waals surface area contributed by atoms with E-state index in [4.69, 9.17) is 12.2 Å². The van der Waals surface area contributed by atoms with Gasteiger partial charge in [-0.3, -0.25) is 10.1 Å². The molecule has 4 nitrogen and oxygen atoms in total. The van der Waals surface area contributed by atoms with Crippen LogP contribution in [-0.4, -0.2) is 16.0 Å². The number of amides is 1. The first-order chi connectivity index (χ1) is 13.3. The fourth-order valence-corrected chi connectivity index (χ4v) is 4.25. The van der Waals surface area contributed by atoms with E-state index in [1.165, 1.54) is 16.9 Å². The van der Waals surface area contributed by atoms with Crippen LogP contribution in [0.25, 0.3) is 11.3 Å². The van der Waals surface area contributed by atoms with E-state index in [9.17, 15) is 4.79 Å². The predicted octanol–water partition coefficient (Wildman–Crippen LogP) is 6.13. The van der Waals surface area contributed by atoms with Crippen molar-refractivity contribution >= 4 is 55.6 Å². The summed E-state index contributed by atoms with van der Waals surface area (Å²) in [6.45, 7) is 6.37. The van der Waals surface area contributed by atoms with Gasteiger partial charge in [0, 0.05) is 14.9 Å². The Morgan fingerprint density at radius 3 is 2.46 bits per heavy atom. The Morgan fingerprint density at radius 2 is 1.82 bits per heavy atom. The van der Waals surface area contributed by atoms with Crippen molar-refractivity contribution < 1.29 is 4.79 Å². The topological polar surface area (TPSA) is 54.0 Å².